The molecule has 9 nitrogen and oxygen atoms in total. The summed E-state index contributed by atoms with van der Waals surface area (Å²) in [6, 6.07) is 13.2. The number of nitrogens with two attached hydrogens (primary N) is 1. The van der Waals surface area contributed by atoms with Gasteiger partial charge < -0.3 is 24.5 Å². The fourth-order valence-corrected chi connectivity index (χ4v) is 8.13. The van der Waals surface area contributed by atoms with Gasteiger partial charge >= 0.3 is 0 Å². The van der Waals surface area contributed by atoms with Gasteiger partial charge in [0, 0.05) is 48.9 Å². The van der Waals surface area contributed by atoms with Crippen molar-refractivity contribution in [1.29, 1.82) is 0 Å². The molecule has 3 atom stereocenters. The number of nitrogens with zero attached hydrogens (tertiary/aromatic N) is 5. The maximum atomic E-state index is 13.9. The van der Waals surface area contributed by atoms with Crippen LogP contribution in [0.3, 0.4) is 0 Å². The number of imidazole rings is 1. The minimum atomic E-state index is 0.0552. The van der Waals surface area contributed by atoms with Gasteiger partial charge in [-0.25, -0.2) is 4.98 Å². The van der Waals surface area contributed by atoms with Crippen LogP contribution in [-0.2, 0) is 26.4 Å². The average molecular weight is 606 g/mol. The molecule has 0 spiro atoms. The molecule has 0 unspecified atom stereocenters. The van der Waals surface area contributed by atoms with Crippen LogP contribution in [0.2, 0.25) is 0 Å². The topological polar surface area (TPSA) is 107 Å². The van der Waals surface area contributed by atoms with Gasteiger partial charge in [-0.05, 0) is 100.0 Å². The second-order valence-electron chi connectivity index (χ2n) is 13.7. The van der Waals surface area contributed by atoms with E-state index in [1.54, 1.807) is 7.11 Å². The van der Waals surface area contributed by atoms with Gasteiger partial charge in [0.25, 0.3) is 5.91 Å². The monoisotopic (exact) mass is 605 g/mol. The predicted molar refractivity (Wildman–Crippen MR) is 177 cm³/mol. The first-order chi connectivity index (χ1) is 21.8. The minimum absolute atomic E-state index is 0.0552. The van der Waals surface area contributed by atoms with Crippen LogP contribution in [0, 0.1) is 25.7 Å². The van der Waals surface area contributed by atoms with Crippen molar-refractivity contribution in [2.75, 3.05) is 13.7 Å². The third-order valence-electron chi connectivity index (χ3n) is 10.8. The van der Waals surface area contributed by atoms with Gasteiger partial charge in [-0.1, -0.05) is 18.2 Å². The smallest absolute Gasteiger partial charge is 0.254 e. The molecule has 4 fully saturated rings. The second-order valence-corrected chi connectivity index (χ2v) is 13.7. The standard InChI is InChI=1S/C36H43N7O2/c1-20-28(21(2)40-39-20)13-11-23-6-5-7-24-15-31(43(33(23)24)18-22-8-9-22)35-38-30-14-26(16-32(45-4)34(30)41(35)3)36(44)42-19-25-10-12-27(42)17-29(25)37/h5-7,14-16,22,25,27,29H,8-13,17-19,37H2,1-4H3,(H,39,40)/t25-,27-,29+/m1/s1. The number of fused-ring (bicyclic) bond motifs is 5. The Balaban J connectivity index is 1.21. The van der Waals surface area contributed by atoms with Gasteiger partial charge in [-0.2, -0.15) is 5.10 Å². The van der Waals surface area contributed by atoms with Crippen LogP contribution in [0.4, 0.5) is 0 Å². The quantitative estimate of drug-likeness (QED) is 0.236. The maximum Gasteiger partial charge on any atom is 0.254 e. The second kappa shape index (κ2) is 10.8. The zero-order valence-electron chi connectivity index (χ0n) is 26.8. The number of methoxy groups -OCH3 is 1. The number of nitrogens with one attached hydrogen (secondary N) is 1. The van der Waals surface area contributed by atoms with Crippen LogP contribution < -0.4 is 10.5 Å². The first kappa shape index (κ1) is 28.4. The molecule has 0 radical (unpaired) electrons. The Morgan fingerprint density at radius 1 is 1.09 bits per heavy atom. The Kier molecular flexibility index (Phi) is 6.78. The summed E-state index contributed by atoms with van der Waals surface area (Å²) in [5, 5.41) is 8.80. The van der Waals surface area contributed by atoms with Crippen LogP contribution in [0.15, 0.2) is 36.4 Å². The molecule has 234 valence electrons. The number of amides is 1. The number of H-pyrrole nitrogens is 1. The van der Waals surface area contributed by atoms with Crippen LogP contribution in [-0.4, -0.2) is 60.9 Å². The molecule has 2 aliphatic heterocycles. The molecule has 5 heterocycles. The molecule has 1 amide bonds. The summed E-state index contributed by atoms with van der Waals surface area (Å²) in [7, 11) is 3.74. The summed E-state index contributed by atoms with van der Waals surface area (Å²) < 4.78 is 10.6. The van der Waals surface area contributed by atoms with E-state index in [0.717, 1.165) is 79.1 Å². The van der Waals surface area contributed by atoms with E-state index in [1.165, 1.54) is 34.9 Å². The van der Waals surface area contributed by atoms with Crippen molar-refractivity contribution in [2.45, 2.75) is 77.4 Å². The summed E-state index contributed by atoms with van der Waals surface area (Å²) in [6.07, 6.45) is 7.45. The fraction of sp³-hybridized carbons (Fsp3) is 0.472. The van der Waals surface area contributed by atoms with Gasteiger partial charge in [0.1, 0.15) is 11.3 Å². The Morgan fingerprint density at radius 3 is 2.62 bits per heavy atom. The number of piperidine rings is 2. The molecule has 2 saturated carbocycles. The summed E-state index contributed by atoms with van der Waals surface area (Å²) in [4.78, 5) is 21.1. The lowest BCUT2D eigenvalue weighted by Gasteiger charge is -2.48. The molecule has 3 aromatic heterocycles. The molecule has 2 saturated heterocycles. The zero-order chi connectivity index (χ0) is 31.0. The molecule has 2 aromatic carbocycles. The van der Waals surface area contributed by atoms with Gasteiger partial charge in [0.2, 0.25) is 0 Å². The molecule has 4 aliphatic rings. The highest BCUT2D eigenvalue weighted by molar-refractivity contribution is 6.00. The molecule has 2 aliphatic carbocycles. The first-order valence-electron chi connectivity index (χ1n) is 16.5. The fourth-order valence-electron chi connectivity index (χ4n) is 8.13. The number of aromatic amines is 1. The van der Waals surface area contributed by atoms with Gasteiger partial charge in [0.15, 0.2) is 5.82 Å². The largest absolute Gasteiger partial charge is 0.494 e. The first-order valence-corrected chi connectivity index (χ1v) is 16.5. The SMILES string of the molecule is COc1cc(C(=O)N2C[C@H]3CC[C@@H]2C[C@@H]3N)cc2nc(-c3cc4cccc(CCc5c(C)n[nH]c5C)c4n3CC3CC3)n(C)c12. The highest BCUT2D eigenvalue weighted by Gasteiger charge is 2.41. The van der Waals surface area contributed by atoms with E-state index in [4.69, 9.17) is 15.5 Å². The van der Waals surface area contributed by atoms with Crippen LogP contribution >= 0.6 is 0 Å². The maximum absolute atomic E-state index is 13.9. The van der Waals surface area contributed by atoms with Crippen molar-refractivity contribution >= 4 is 27.8 Å². The molecule has 9 rings (SSSR count). The molecule has 9 heteroatoms. The van der Waals surface area contributed by atoms with E-state index in [9.17, 15) is 4.79 Å². The van der Waals surface area contributed by atoms with Crippen molar-refractivity contribution < 1.29 is 9.53 Å². The lowest BCUT2D eigenvalue weighted by atomic mass is 9.76. The number of carbonyl (C=O) groups is 1. The molecule has 2 bridgehead atoms. The summed E-state index contributed by atoms with van der Waals surface area (Å²) in [5.41, 5.74) is 16.0. The van der Waals surface area contributed by atoms with Crippen LogP contribution in [0.1, 0.15) is 65.0 Å². The zero-order valence-corrected chi connectivity index (χ0v) is 26.8. The minimum Gasteiger partial charge on any atom is -0.494 e. The number of rotatable bonds is 8. The Morgan fingerprint density at radius 2 is 1.93 bits per heavy atom. The van der Waals surface area contributed by atoms with Gasteiger partial charge in [0.05, 0.1) is 29.5 Å². The van der Waals surface area contributed by atoms with Crippen LogP contribution in [0.5, 0.6) is 5.75 Å². The van der Waals surface area contributed by atoms with E-state index >= 15 is 0 Å². The van der Waals surface area contributed by atoms with Crippen molar-refractivity contribution in [3.05, 3.63) is 64.5 Å². The van der Waals surface area contributed by atoms with E-state index in [0.29, 0.717) is 23.1 Å². The van der Waals surface area contributed by atoms with Crippen molar-refractivity contribution in [2.24, 2.45) is 24.6 Å². The Hall–Kier alpha value is -4.11. The number of carbonyl (C=O) groups excluding carboxylic acids is 1. The Labute approximate surface area is 263 Å². The summed E-state index contributed by atoms with van der Waals surface area (Å²) in [5.74, 6) is 2.69. The van der Waals surface area contributed by atoms with E-state index in [-0.39, 0.29) is 18.0 Å². The number of aryl methyl sites for hydroxylation is 4. The number of ether oxygens (including phenoxy) is 1. The van der Waals surface area contributed by atoms with E-state index < -0.39 is 0 Å². The third-order valence-corrected chi connectivity index (χ3v) is 10.8. The number of aromatic nitrogens is 5. The molecule has 45 heavy (non-hydrogen) atoms. The van der Waals surface area contributed by atoms with Crippen LogP contribution in [0.25, 0.3) is 33.5 Å². The molecule has 5 aromatic rings. The average Bonchev–Trinajstić information content (AvgIpc) is 3.59. The number of hydrogen-bond donors (Lipinski definition) is 2. The van der Waals surface area contributed by atoms with Crippen molar-refractivity contribution in [1.82, 2.24) is 29.2 Å². The number of hydrogen-bond acceptors (Lipinski definition) is 5. The van der Waals surface area contributed by atoms with Crippen molar-refractivity contribution in [3.63, 3.8) is 0 Å². The number of para-hydroxylation sites is 1. The lowest BCUT2D eigenvalue weighted by Crippen LogP contribution is -2.58. The summed E-state index contributed by atoms with van der Waals surface area (Å²) >= 11 is 0. The van der Waals surface area contributed by atoms with E-state index in [2.05, 4.69) is 64.5 Å². The van der Waals surface area contributed by atoms with Gasteiger partial charge in [-0.15, -0.1) is 0 Å². The number of benzene rings is 2. The molecule has 3 N–H and O–H groups in total. The highest BCUT2D eigenvalue weighted by Crippen LogP contribution is 2.40. The third kappa shape index (κ3) is 4.74. The van der Waals surface area contributed by atoms with Crippen molar-refractivity contribution in [3.8, 4) is 17.3 Å². The normalized spacial score (nSPS) is 21.4. The highest BCUT2D eigenvalue weighted by atomic mass is 16.5. The molecular weight excluding hydrogens is 562 g/mol. The Bertz CT molecular complexity index is 1920. The molecular formula is C36H43N7O2. The predicted octanol–water partition coefficient (Wildman–Crippen LogP) is 5.69. The lowest BCUT2D eigenvalue weighted by molar-refractivity contribution is 0.0261. The van der Waals surface area contributed by atoms with E-state index in [1.807, 2.05) is 17.0 Å². The van der Waals surface area contributed by atoms with Gasteiger partial charge in [-0.3, -0.25) is 9.89 Å². The summed E-state index contributed by atoms with van der Waals surface area (Å²) in [6.45, 7) is 5.90.